The zero-order chi connectivity index (χ0) is 25.5. The lowest BCUT2D eigenvalue weighted by Gasteiger charge is -2.68. The minimum absolute atomic E-state index is 0.0303. The van der Waals surface area contributed by atoms with Gasteiger partial charge in [0.25, 0.3) is 0 Å². The third kappa shape index (κ3) is 3.15. The van der Waals surface area contributed by atoms with Gasteiger partial charge in [0, 0.05) is 10.8 Å². The van der Waals surface area contributed by atoms with Gasteiger partial charge in [0.05, 0.1) is 18.9 Å². The van der Waals surface area contributed by atoms with Crippen LogP contribution in [0.15, 0.2) is 11.6 Å². The third-order valence-electron chi connectivity index (χ3n) is 10.8. The lowest BCUT2D eigenvalue weighted by molar-refractivity contribution is -0.188. The van der Waals surface area contributed by atoms with E-state index >= 15 is 0 Å². The van der Waals surface area contributed by atoms with E-state index in [1.54, 1.807) is 6.92 Å². The maximum Gasteiger partial charge on any atom is 0.328 e. The molecule has 0 aromatic carbocycles. The predicted molar refractivity (Wildman–Crippen MR) is 127 cm³/mol. The average molecular weight is 486 g/mol. The Balaban J connectivity index is 1.54. The number of hydrogen-bond donors (Lipinski definition) is 1. The quantitative estimate of drug-likeness (QED) is 0.369. The van der Waals surface area contributed by atoms with Crippen LogP contribution in [0.2, 0.25) is 0 Å². The van der Waals surface area contributed by atoms with Crippen molar-refractivity contribution in [2.45, 2.75) is 79.2 Å². The average Bonchev–Trinajstić information content (AvgIpc) is 3.13. The highest BCUT2D eigenvalue weighted by molar-refractivity contribution is 5.98. The lowest BCUT2D eigenvalue weighted by atomic mass is 9.34. The molecule has 7 heteroatoms. The monoisotopic (exact) mass is 485 g/mol. The zero-order valence-electron chi connectivity index (χ0n) is 21.8. The number of carbonyl (C=O) groups is 4. The van der Waals surface area contributed by atoms with E-state index in [0.717, 1.165) is 38.5 Å². The molecule has 1 aliphatic heterocycles. The summed E-state index contributed by atoms with van der Waals surface area (Å²) in [7, 11) is 1.33. The van der Waals surface area contributed by atoms with Crippen molar-refractivity contribution in [2.24, 2.45) is 51.8 Å². The highest BCUT2D eigenvalue weighted by Crippen LogP contribution is 2.74. The minimum atomic E-state index is -0.699. The molecule has 0 aromatic heterocycles. The Bertz CT molecular complexity index is 1020. The fourth-order valence-electron chi connectivity index (χ4n) is 9.37. The lowest BCUT2D eigenvalue weighted by Crippen LogP contribution is -2.66. The molecule has 1 N–H and O–H groups in total. The molecule has 0 aromatic rings. The normalized spacial score (nSPS) is 44.5. The maximum atomic E-state index is 13.6. The first-order valence-corrected chi connectivity index (χ1v) is 13.3. The fourth-order valence-corrected chi connectivity index (χ4v) is 9.37. The molecule has 3 saturated carbocycles. The van der Waals surface area contributed by atoms with E-state index in [2.05, 4.69) is 39.1 Å². The Labute approximate surface area is 207 Å². The molecule has 1 spiro atoms. The van der Waals surface area contributed by atoms with Gasteiger partial charge in [-0.15, -0.1) is 0 Å². The Hall–Kier alpha value is -2.18. The SMILES string of the molecule is COC(=O)[C@H](C)NC(=O)[C@]1(C)CCC[C@]2(C)[C@H]3C[C@H]4C(C(C)C)=C[C@]3(CC[C@H]21)[C@@H]1C(=O)OC(=O)[C@@H]14. The molecule has 192 valence electrons. The first-order chi connectivity index (χ1) is 16.4. The van der Waals surface area contributed by atoms with E-state index in [1.165, 1.54) is 12.7 Å². The van der Waals surface area contributed by atoms with Gasteiger partial charge in [-0.1, -0.05) is 45.8 Å². The van der Waals surface area contributed by atoms with Crippen LogP contribution in [0, 0.1) is 51.8 Å². The molecule has 1 heterocycles. The van der Waals surface area contributed by atoms with Gasteiger partial charge >= 0.3 is 17.9 Å². The van der Waals surface area contributed by atoms with Crippen LogP contribution in [0.3, 0.4) is 0 Å². The van der Waals surface area contributed by atoms with Crippen LogP contribution < -0.4 is 5.32 Å². The van der Waals surface area contributed by atoms with E-state index in [0.29, 0.717) is 5.92 Å². The number of carbonyl (C=O) groups excluding carboxylic acids is 4. The van der Waals surface area contributed by atoms with Crippen LogP contribution in [0.5, 0.6) is 0 Å². The highest BCUT2D eigenvalue weighted by Gasteiger charge is 2.73. The summed E-state index contributed by atoms with van der Waals surface area (Å²) in [6, 6.07) is -0.699. The summed E-state index contributed by atoms with van der Waals surface area (Å²) < 4.78 is 10.1. The molecular formula is C28H39NO6. The van der Waals surface area contributed by atoms with Crippen molar-refractivity contribution in [1.29, 1.82) is 0 Å². The van der Waals surface area contributed by atoms with Gasteiger partial charge < -0.3 is 14.8 Å². The number of ether oxygens (including phenoxy) is 2. The van der Waals surface area contributed by atoms with E-state index in [9.17, 15) is 19.2 Å². The van der Waals surface area contributed by atoms with Gasteiger partial charge in [0.2, 0.25) is 5.91 Å². The Morgan fingerprint density at radius 3 is 2.46 bits per heavy atom. The number of allylic oxidation sites excluding steroid dienone is 2. The van der Waals surface area contributed by atoms with Gasteiger partial charge in [0.15, 0.2) is 0 Å². The second kappa shape index (κ2) is 7.91. The van der Waals surface area contributed by atoms with Crippen molar-refractivity contribution in [3.8, 4) is 0 Å². The van der Waals surface area contributed by atoms with Gasteiger partial charge in [-0.25, -0.2) is 4.79 Å². The van der Waals surface area contributed by atoms with E-state index in [1.807, 2.05) is 0 Å². The van der Waals surface area contributed by atoms with Crippen molar-refractivity contribution < 1.29 is 28.7 Å². The summed E-state index contributed by atoms with van der Waals surface area (Å²) in [6.07, 6.45) is 7.52. The second-order valence-corrected chi connectivity index (χ2v) is 12.6. The number of esters is 3. The number of nitrogens with one attached hydrogen (secondary N) is 1. The first-order valence-electron chi connectivity index (χ1n) is 13.3. The predicted octanol–water partition coefficient (Wildman–Crippen LogP) is 3.80. The first kappa shape index (κ1) is 24.5. The summed E-state index contributed by atoms with van der Waals surface area (Å²) in [6.45, 7) is 10.4. The second-order valence-electron chi connectivity index (χ2n) is 12.6. The molecule has 0 radical (unpaired) electrons. The molecule has 1 amide bonds. The third-order valence-corrected chi connectivity index (χ3v) is 10.8. The molecule has 6 aliphatic rings. The number of fused-ring (bicyclic) bond motifs is 1. The molecule has 0 unspecified atom stereocenters. The molecule has 1 saturated heterocycles. The topological polar surface area (TPSA) is 98.8 Å². The summed E-state index contributed by atoms with van der Waals surface area (Å²) in [5.74, 6) is -1.30. The van der Waals surface area contributed by atoms with Crippen molar-refractivity contribution in [3.05, 3.63) is 11.6 Å². The Morgan fingerprint density at radius 2 is 1.80 bits per heavy atom. The number of amides is 1. The summed E-state index contributed by atoms with van der Waals surface area (Å²) in [5.41, 5.74) is 0.163. The van der Waals surface area contributed by atoms with Crippen LogP contribution in [0.4, 0.5) is 0 Å². The largest absolute Gasteiger partial charge is 0.467 e. The summed E-state index contributed by atoms with van der Waals surface area (Å²) in [4.78, 5) is 51.5. The number of rotatable bonds is 4. The molecule has 7 nitrogen and oxygen atoms in total. The Morgan fingerprint density at radius 1 is 1.09 bits per heavy atom. The van der Waals surface area contributed by atoms with Crippen molar-refractivity contribution >= 4 is 23.8 Å². The van der Waals surface area contributed by atoms with Gasteiger partial charge in [-0.3, -0.25) is 14.4 Å². The van der Waals surface area contributed by atoms with Crippen LogP contribution in [0.1, 0.15) is 73.1 Å². The standard InChI is InChI=1S/C28H39NO6/c1-14(2)17-13-28-11-8-18-26(4,19(28)12-16(17)20-21(28)24(32)35-23(20)31)9-7-10-27(18,5)25(33)29-15(3)22(30)34-6/h13-16,18-21H,7-12H2,1-6H3,(H,29,33)/t15-,16-,18+,19+,20+,21-,26-,27+,28-/m0/s1. The molecule has 5 aliphatic carbocycles. The maximum absolute atomic E-state index is 13.6. The van der Waals surface area contributed by atoms with Gasteiger partial charge in [-0.05, 0) is 68.1 Å². The Kier molecular flexibility index (Phi) is 5.54. The molecular weight excluding hydrogens is 446 g/mol. The smallest absolute Gasteiger partial charge is 0.328 e. The molecule has 35 heavy (non-hydrogen) atoms. The van der Waals surface area contributed by atoms with E-state index in [-0.39, 0.29) is 52.3 Å². The minimum Gasteiger partial charge on any atom is -0.467 e. The van der Waals surface area contributed by atoms with Crippen molar-refractivity contribution in [1.82, 2.24) is 5.32 Å². The van der Waals surface area contributed by atoms with Crippen LogP contribution in [0.25, 0.3) is 0 Å². The molecule has 2 bridgehead atoms. The van der Waals surface area contributed by atoms with Crippen molar-refractivity contribution in [3.63, 3.8) is 0 Å². The van der Waals surface area contributed by atoms with Gasteiger partial charge in [-0.2, -0.15) is 0 Å². The number of methoxy groups -OCH3 is 1. The number of hydrogen-bond acceptors (Lipinski definition) is 6. The van der Waals surface area contributed by atoms with Crippen LogP contribution in [-0.2, 0) is 28.7 Å². The zero-order valence-corrected chi connectivity index (χ0v) is 21.8. The molecule has 9 atom stereocenters. The van der Waals surface area contributed by atoms with Crippen LogP contribution in [-0.4, -0.2) is 37.0 Å². The molecule has 4 fully saturated rings. The van der Waals surface area contributed by atoms with E-state index < -0.39 is 23.3 Å². The van der Waals surface area contributed by atoms with Crippen LogP contribution >= 0.6 is 0 Å². The van der Waals surface area contributed by atoms with E-state index in [4.69, 9.17) is 9.47 Å². The summed E-state index contributed by atoms with van der Waals surface area (Å²) >= 11 is 0. The molecule has 6 rings (SSSR count). The number of cyclic esters (lactones) is 2. The fraction of sp³-hybridized carbons (Fsp3) is 0.786. The van der Waals surface area contributed by atoms with Crippen molar-refractivity contribution in [2.75, 3.05) is 7.11 Å². The summed E-state index contributed by atoms with van der Waals surface area (Å²) in [5, 5.41) is 2.92. The highest BCUT2D eigenvalue weighted by atomic mass is 16.6. The van der Waals surface area contributed by atoms with Gasteiger partial charge in [0.1, 0.15) is 6.04 Å².